The highest BCUT2D eigenvalue weighted by molar-refractivity contribution is 8.00. The number of anilines is 2. The molecule has 4 amide bonds. The summed E-state index contributed by atoms with van der Waals surface area (Å²) < 4.78 is 5.37. The molecule has 7 N–H and O–H groups in total. The van der Waals surface area contributed by atoms with E-state index in [1.807, 2.05) is 0 Å². The molecule has 12 nitrogen and oxygen atoms in total. The number of nitrogens with two attached hydrogens (primary N) is 2. The molecule has 2 aliphatic heterocycles. The van der Waals surface area contributed by atoms with Crippen LogP contribution in [0.25, 0.3) is 0 Å². The van der Waals surface area contributed by atoms with Gasteiger partial charge in [-0.15, -0.1) is 0 Å². The molecule has 0 radical (unpaired) electrons. The Balaban J connectivity index is 0.000000190. The van der Waals surface area contributed by atoms with E-state index in [2.05, 4.69) is 10.6 Å². The first-order valence-corrected chi connectivity index (χ1v) is 15.8. The fourth-order valence-electron chi connectivity index (χ4n) is 4.54. The SMILES string of the molecule is CC(C)(C)OC(=O)c1ccc2c(c1)NC(=O)c1ccc(C(N)=O)cc1S2.NC(=O)c1ccc2c(c1)Sc1ccc(C(=O)O)cc1NC2=O. The molecule has 0 bridgehead atoms. The maximum absolute atomic E-state index is 12.5. The molecule has 14 heteroatoms. The van der Waals surface area contributed by atoms with Crippen LogP contribution in [0.5, 0.6) is 0 Å². The van der Waals surface area contributed by atoms with Crippen molar-refractivity contribution in [2.45, 2.75) is 46.0 Å². The molecule has 0 atom stereocenters. The topological polar surface area (TPSA) is 208 Å². The predicted octanol–water partition coefficient (Wildman–Crippen LogP) is 5.66. The number of benzene rings is 4. The van der Waals surface area contributed by atoms with Gasteiger partial charge in [-0.3, -0.25) is 19.2 Å². The highest BCUT2D eigenvalue weighted by atomic mass is 32.2. The molecule has 6 rings (SSSR count). The normalized spacial score (nSPS) is 12.9. The van der Waals surface area contributed by atoms with E-state index < -0.39 is 29.4 Å². The van der Waals surface area contributed by atoms with E-state index in [1.165, 1.54) is 53.9 Å². The van der Waals surface area contributed by atoms with Crippen LogP contribution in [-0.2, 0) is 4.74 Å². The Bertz CT molecular complexity index is 2060. The largest absolute Gasteiger partial charge is 0.478 e. The maximum Gasteiger partial charge on any atom is 0.338 e. The summed E-state index contributed by atoms with van der Waals surface area (Å²) in [5.74, 6) is -3.34. The zero-order valence-corrected chi connectivity index (χ0v) is 27.3. The van der Waals surface area contributed by atoms with Gasteiger partial charge in [0.05, 0.1) is 33.6 Å². The summed E-state index contributed by atoms with van der Waals surface area (Å²) >= 11 is 2.60. The zero-order chi connectivity index (χ0) is 34.9. The maximum atomic E-state index is 12.5. The molecule has 2 heterocycles. The quantitative estimate of drug-likeness (QED) is 0.167. The third kappa shape index (κ3) is 7.51. The van der Waals surface area contributed by atoms with Crippen LogP contribution in [0.2, 0.25) is 0 Å². The first kappa shape index (κ1) is 33.8. The monoisotopic (exact) mass is 684 g/mol. The molecule has 48 heavy (non-hydrogen) atoms. The van der Waals surface area contributed by atoms with Crippen molar-refractivity contribution in [3.8, 4) is 0 Å². The lowest BCUT2D eigenvalue weighted by atomic mass is 10.1. The number of hydrogen-bond donors (Lipinski definition) is 5. The van der Waals surface area contributed by atoms with Crippen molar-refractivity contribution in [3.63, 3.8) is 0 Å². The second-order valence-electron chi connectivity index (χ2n) is 11.5. The Kier molecular flexibility index (Phi) is 9.32. The number of esters is 1. The van der Waals surface area contributed by atoms with E-state index >= 15 is 0 Å². The van der Waals surface area contributed by atoms with Crippen LogP contribution in [0.4, 0.5) is 11.4 Å². The van der Waals surface area contributed by atoms with Gasteiger partial charge in [0.15, 0.2) is 0 Å². The van der Waals surface area contributed by atoms with Gasteiger partial charge in [-0.2, -0.15) is 0 Å². The molecule has 2 aliphatic rings. The fraction of sp³-hybridized carbons (Fsp3) is 0.118. The first-order valence-electron chi connectivity index (χ1n) is 14.2. The summed E-state index contributed by atoms with van der Waals surface area (Å²) in [4.78, 5) is 73.4. The number of amides is 4. The number of primary amides is 2. The molecule has 0 aromatic heterocycles. The van der Waals surface area contributed by atoms with E-state index in [1.54, 1.807) is 63.2 Å². The number of hydrogen-bond acceptors (Lipinski definition) is 9. The van der Waals surface area contributed by atoms with Gasteiger partial charge in [0.1, 0.15) is 5.60 Å². The highest BCUT2D eigenvalue weighted by Gasteiger charge is 2.25. The average Bonchev–Trinajstić information content (AvgIpc) is 3.24. The molecule has 0 aliphatic carbocycles. The van der Waals surface area contributed by atoms with Crippen LogP contribution < -0.4 is 22.1 Å². The Morgan fingerprint density at radius 3 is 1.46 bits per heavy atom. The molecular formula is C34H28N4O8S2. The minimum Gasteiger partial charge on any atom is -0.478 e. The Hall–Kier alpha value is -5.60. The van der Waals surface area contributed by atoms with Crippen molar-refractivity contribution in [2.75, 3.05) is 10.6 Å². The lowest BCUT2D eigenvalue weighted by Gasteiger charge is -2.19. The van der Waals surface area contributed by atoms with Crippen LogP contribution >= 0.6 is 23.5 Å². The van der Waals surface area contributed by atoms with Gasteiger partial charge < -0.3 is 31.9 Å². The summed E-state index contributed by atoms with van der Waals surface area (Å²) in [6.07, 6.45) is 0. The molecule has 0 fully saturated rings. The fourth-order valence-corrected chi connectivity index (χ4v) is 6.64. The molecule has 0 saturated carbocycles. The summed E-state index contributed by atoms with van der Waals surface area (Å²) in [5.41, 5.74) is 12.8. The van der Waals surface area contributed by atoms with E-state index in [-0.39, 0.29) is 17.4 Å². The lowest BCUT2D eigenvalue weighted by molar-refractivity contribution is 0.00688. The van der Waals surface area contributed by atoms with Crippen LogP contribution in [0.1, 0.15) is 82.9 Å². The number of carbonyl (C=O) groups is 6. The summed E-state index contributed by atoms with van der Waals surface area (Å²) in [7, 11) is 0. The minimum atomic E-state index is -1.07. The predicted molar refractivity (Wildman–Crippen MR) is 179 cm³/mol. The Morgan fingerprint density at radius 1 is 0.625 bits per heavy atom. The van der Waals surface area contributed by atoms with Gasteiger partial charge in [-0.1, -0.05) is 23.5 Å². The van der Waals surface area contributed by atoms with Crippen molar-refractivity contribution >= 4 is 70.5 Å². The van der Waals surface area contributed by atoms with Crippen molar-refractivity contribution in [1.82, 2.24) is 0 Å². The van der Waals surface area contributed by atoms with Crippen LogP contribution in [0.15, 0.2) is 92.4 Å². The number of ether oxygens (including phenoxy) is 1. The van der Waals surface area contributed by atoms with Gasteiger partial charge in [0.2, 0.25) is 11.8 Å². The number of aromatic carboxylic acids is 1. The molecule has 244 valence electrons. The second-order valence-corrected chi connectivity index (χ2v) is 13.7. The summed E-state index contributed by atoms with van der Waals surface area (Å²) in [6.45, 7) is 5.37. The third-order valence-corrected chi connectivity index (χ3v) is 9.07. The number of fused-ring (bicyclic) bond motifs is 4. The number of rotatable bonds is 4. The molecule has 0 spiro atoms. The first-order chi connectivity index (χ1) is 22.6. The standard InChI is InChI=1S/C19H18N2O4S.C15H10N2O4S/c1-19(2,3)25-18(24)11-5-7-14-13(8-11)21-17(23)12-6-4-10(16(20)22)9-15(12)26-14;16-13(18)7-1-3-9-12(6-7)22-11-4-2-8(15(20)21)5-10(11)17-14(9)19/h4-9H,1-3H3,(H2,20,22)(H,21,23);1-6H,(H2,16,18)(H,17,19)(H,20,21). The lowest BCUT2D eigenvalue weighted by Crippen LogP contribution is -2.24. The molecule has 0 saturated heterocycles. The van der Waals surface area contributed by atoms with Crippen molar-refractivity contribution < 1.29 is 38.6 Å². The van der Waals surface area contributed by atoms with Crippen molar-refractivity contribution in [3.05, 3.63) is 106 Å². The molecule has 0 unspecified atom stereocenters. The summed E-state index contributed by atoms with van der Waals surface area (Å²) in [6, 6.07) is 18.7. The number of carboxylic acid groups (broad SMARTS) is 1. The minimum absolute atomic E-state index is 0.0865. The Morgan fingerprint density at radius 2 is 1.04 bits per heavy atom. The second kappa shape index (κ2) is 13.3. The Labute approximate surface area is 282 Å². The van der Waals surface area contributed by atoms with E-state index in [0.717, 1.165) is 4.90 Å². The van der Waals surface area contributed by atoms with Gasteiger partial charge in [0.25, 0.3) is 11.8 Å². The van der Waals surface area contributed by atoms with Crippen molar-refractivity contribution in [1.29, 1.82) is 0 Å². The molecule has 4 aromatic rings. The number of nitrogens with one attached hydrogen (secondary N) is 2. The van der Waals surface area contributed by atoms with Gasteiger partial charge in [0, 0.05) is 30.7 Å². The average molecular weight is 685 g/mol. The van der Waals surface area contributed by atoms with E-state index in [0.29, 0.717) is 53.9 Å². The zero-order valence-electron chi connectivity index (χ0n) is 25.7. The van der Waals surface area contributed by atoms with Crippen LogP contribution in [0.3, 0.4) is 0 Å². The van der Waals surface area contributed by atoms with Gasteiger partial charge >= 0.3 is 11.9 Å². The van der Waals surface area contributed by atoms with Gasteiger partial charge in [-0.25, -0.2) is 9.59 Å². The van der Waals surface area contributed by atoms with Crippen molar-refractivity contribution in [2.24, 2.45) is 11.5 Å². The van der Waals surface area contributed by atoms with E-state index in [4.69, 9.17) is 21.3 Å². The third-order valence-electron chi connectivity index (χ3n) is 6.80. The van der Waals surface area contributed by atoms with Crippen LogP contribution in [0, 0.1) is 0 Å². The molecular weight excluding hydrogens is 657 g/mol. The summed E-state index contributed by atoms with van der Waals surface area (Å²) in [5, 5.41) is 14.5. The van der Waals surface area contributed by atoms with Gasteiger partial charge in [-0.05, 0) is 93.6 Å². The molecule has 4 aromatic carbocycles. The number of carboxylic acids is 1. The smallest absolute Gasteiger partial charge is 0.338 e. The highest BCUT2D eigenvalue weighted by Crippen LogP contribution is 2.41. The van der Waals surface area contributed by atoms with Crippen LogP contribution in [-0.4, -0.2) is 46.3 Å². The van der Waals surface area contributed by atoms with E-state index in [9.17, 15) is 28.8 Å². The number of carbonyl (C=O) groups excluding carboxylic acids is 5.